The van der Waals surface area contributed by atoms with E-state index < -0.39 is 0 Å². The number of anilines is 1. The van der Waals surface area contributed by atoms with Crippen molar-refractivity contribution < 1.29 is 0 Å². The molecule has 1 rings (SSSR count). The molecule has 0 unspecified atom stereocenters. The lowest BCUT2D eigenvalue weighted by Crippen LogP contribution is -2.31. The molecule has 0 aromatic heterocycles. The summed E-state index contributed by atoms with van der Waals surface area (Å²) >= 11 is 6.27. The second-order valence-electron chi connectivity index (χ2n) is 4.60. The number of halogens is 1. The molecule has 0 spiro atoms. The van der Waals surface area contributed by atoms with Gasteiger partial charge in [-0.15, -0.1) is 0 Å². The zero-order valence-electron chi connectivity index (χ0n) is 11.0. The van der Waals surface area contributed by atoms with Crippen LogP contribution in [-0.4, -0.2) is 19.1 Å². The molecule has 0 aliphatic rings. The van der Waals surface area contributed by atoms with Gasteiger partial charge in [-0.1, -0.05) is 24.6 Å². The molecule has 0 saturated carbocycles. The van der Waals surface area contributed by atoms with Gasteiger partial charge in [-0.25, -0.2) is 0 Å². The summed E-state index contributed by atoms with van der Waals surface area (Å²) in [6.07, 6.45) is 1.98. The average molecular weight is 255 g/mol. The van der Waals surface area contributed by atoms with E-state index in [0.717, 1.165) is 30.0 Å². The molecule has 0 heterocycles. The maximum atomic E-state index is 6.27. The molecule has 1 aromatic rings. The molecule has 2 N–H and O–H groups in total. The van der Waals surface area contributed by atoms with Crippen molar-refractivity contribution in [3.8, 4) is 0 Å². The average Bonchev–Trinajstić information content (AvgIpc) is 2.28. The highest BCUT2D eigenvalue weighted by Crippen LogP contribution is 2.25. The van der Waals surface area contributed by atoms with Crippen molar-refractivity contribution in [2.24, 2.45) is 5.73 Å². The third-order valence-corrected chi connectivity index (χ3v) is 3.22. The molecule has 1 aromatic carbocycles. The van der Waals surface area contributed by atoms with Crippen LogP contribution in [0.1, 0.15) is 32.8 Å². The summed E-state index contributed by atoms with van der Waals surface area (Å²) < 4.78 is 0. The Balaban J connectivity index is 2.93. The van der Waals surface area contributed by atoms with Crippen molar-refractivity contribution in [1.29, 1.82) is 0 Å². The Hall–Kier alpha value is -0.730. The quantitative estimate of drug-likeness (QED) is 0.842. The van der Waals surface area contributed by atoms with E-state index >= 15 is 0 Å². The van der Waals surface area contributed by atoms with Gasteiger partial charge in [-0.05, 0) is 50.9 Å². The molecule has 96 valence electrons. The highest BCUT2D eigenvalue weighted by Gasteiger charge is 2.11. The lowest BCUT2D eigenvalue weighted by atomic mass is 10.1. The maximum absolute atomic E-state index is 6.27. The monoisotopic (exact) mass is 254 g/mol. The molecular weight excluding hydrogens is 232 g/mol. The molecule has 2 nitrogen and oxygen atoms in total. The van der Waals surface area contributed by atoms with Gasteiger partial charge in [0.25, 0.3) is 0 Å². The van der Waals surface area contributed by atoms with Crippen LogP contribution in [0.15, 0.2) is 18.2 Å². The molecule has 3 heteroatoms. The van der Waals surface area contributed by atoms with Crippen LogP contribution in [0.4, 0.5) is 5.69 Å². The molecule has 0 aliphatic heterocycles. The topological polar surface area (TPSA) is 29.3 Å². The summed E-state index contributed by atoms with van der Waals surface area (Å²) in [4.78, 5) is 2.37. The van der Waals surface area contributed by atoms with Gasteiger partial charge < -0.3 is 10.6 Å². The van der Waals surface area contributed by atoms with Crippen molar-refractivity contribution in [2.45, 2.75) is 39.7 Å². The van der Waals surface area contributed by atoms with Gasteiger partial charge in [-0.3, -0.25) is 0 Å². The minimum Gasteiger partial charge on any atom is -0.369 e. The smallest absolute Gasteiger partial charge is 0.0459 e. The molecule has 0 fully saturated rings. The largest absolute Gasteiger partial charge is 0.369 e. The van der Waals surface area contributed by atoms with Crippen LogP contribution in [-0.2, 0) is 6.42 Å². The second-order valence-corrected chi connectivity index (χ2v) is 5.01. The van der Waals surface area contributed by atoms with Crippen molar-refractivity contribution in [1.82, 2.24) is 0 Å². The van der Waals surface area contributed by atoms with Crippen molar-refractivity contribution in [2.75, 3.05) is 18.0 Å². The van der Waals surface area contributed by atoms with Crippen molar-refractivity contribution in [3.05, 3.63) is 28.8 Å². The van der Waals surface area contributed by atoms with Gasteiger partial charge in [-0.2, -0.15) is 0 Å². The van der Waals surface area contributed by atoms with Crippen LogP contribution in [0.5, 0.6) is 0 Å². The summed E-state index contributed by atoms with van der Waals surface area (Å²) in [6.45, 7) is 8.31. The van der Waals surface area contributed by atoms with Gasteiger partial charge in [0.1, 0.15) is 0 Å². The summed E-state index contributed by atoms with van der Waals surface area (Å²) in [6, 6.07) is 6.79. The molecule has 0 saturated heterocycles. The Morgan fingerprint density at radius 3 is 2.53 bits per heavy atom. The fraction of sp³-hybridized carbons (Fsp3) is 0.571. The van der Waals surface area contributed by atoms with Crippen LogP contribution in [0.2, 0.25) is 5.02 Å². The number of benzene rings is 1. The first-order chi connectivity index (χ1) is 8.10. The highest BCUT2D eigenvalue weighted by atomic mass is 35.5. The van der Waals surface area contributed by atoms with Gasteiger partial charge in [0.05, 0.1) is 0 Å². The van der Waals surface area contributed by atoms with E-state index in [0.29, 0.717) is 12.6 Å². The second kappa shape index (κ2) is 6.87. The molecule has 0 bridgehead atoms. The Labute approximate surface area is 110 Å². The van der Waals surface area contributed by atoms with Gasteiger partial charge in [0.2, 0.25) is 0 Å². The van der Waals surface area contributed by atoms with E-state index in [9.17, 15) is 0 Å². The normalized spacial score (nSPS) is 10.9. The predicted octanol–water partition coefficient (Wildman–Crippen LogP) is 3.47. The van der Waals surface area contributed by atoms with E-state index in [-0.39, 0.29) is 0 Å². The first-order valence-corrected chi connectivity index (χ1v) is 6.73. The first-order valence-electron chi connectivity index (χ1n) is 6.35. The number of hydrogen-bond donors (Lipinski definition) is 1. The van der Waals surface area contributed by atoms with Crippen LogP contribution in [0.25, 0.3) is 0 Å². The lowest BCUT2D eigenvalue weighted by molar-refractivity contribution is 0.671. The van der Waals surface area contributed by atoms with Gasteiger partial charge in [0.15, 0.2) is 0 Å². The molecule has 0 radical (unpaired) electrons. The third-order valence-electron chi connectivity index (χ3n) is 2.87. The van der Waals surface area contributed by atoms with Crippen molar-refractivity contribution >= 4 is 17.3 Å². The van der Waals surface area contributed by atoms with Crippen LogP contribution < -0.4 is 10.6 Å². The Kier molecular flexibility index (Phi) is 5.79. The molecule has 0 aliphatic carbocycles. The Morgan fingerprint density at radius 2 is 2.06 bits per heavy atom. The zero-order chi connectivity index (χ0) is 12.8. The van der Waals surface area contributed by atoms with E-state index in [2.05, 4.69) is 43.9 Å². The summed E-state index contributed by atoms with van der Waals surface area (Å²) in [5, 5.41) is 0.828. The van der Waals surface area contributed by atoms with Crippen LogP contribution >= 0.6 is 11.6 Å². The maximum Gasteiger partial charge on any atom is 0.0459 e. The fourth-order valence-electron chi connectivity index (χ4n) is 2.00. The van der Waals surface area contributed by atoms with Gasteiger partial charge >= 0.3 is 0 Å². The van der Waals surface area contributed by atoms with Crippen LogP contribution in [0, 0.1) is 0 Å². The van der Waals surface area contributed by atoms with E-state index in [1.807, 2.05) is 0 Å². The summed E-state index contributed by atoms with van der Waals surface area (Å²) in [7, 11) is 0. The Morgan fingerprint density at radius 1 is 1.35 bits per heavy atom. The molecule has 0 amide bonds. The van der Waals surface area contributed by atoms with E-state index in [1.165, 1.54) is 5.69 Å². The van der Waals surface area contributed by atoms with E-state index in [1.54, 1.807) is 0 Å². The fourth-order valence-corrected chi connectivity index (χ4v) is 2.27. The first kappa shape index (κ1) is 14.3. The Bertz CT molecular complexity index is 350. The molecule has 0 atom stereocenters. The van der Waals surface area contributed by atoms with Crippen molar-refractivity contribution in [3.63, 3.8) is 0 Å². The SMILES string of the molecule is CCCN(c1ccc(CCN)c(Cl)c1)C(C)C. The summed E-state index contributed by atoms with van der Waals surface area (Å²) in [5.74, 6) is 0. The lowest BCUT2D eigenvalue weighted by Gasteiger charge is -2.29. The van der Waals surface area contributed by atoms with E-state index in [4.69, 9.17) is 17.3 Å². The number of rotatable bonds is 6. The highest BCUT2D eigenvalue weighted by molar-refractivity contribution is 6.31. The minimum absolute atomic E-state index is 0.492. The predicted molar refractivity (Wildman–Crippen MR) is 77.0 cm³/mol. The summed E-state index contributed by atoms with van der Waals surface area (Å²) in [5.41, 5.74) is 7.89. The number of nitrogens with zero attached hydrogens (tertiary/aromatic N) is 1. The number of hydrogen-bond acceptors (Lipinski definition) is 2. The number of nitrogens with two attached hydrogens (primary N) is 1. The zero-order valence-corrected chi connectivity index (χ0v) is 11.8. The minimum atomic E-state index is 0.492. The van der Waals surface area contributed by atoms with Crippen LogP contribution in [0.3, 0.4) is 0 Å². The van der Waals surface area contributed by atoms with Gasteiger partial charge in [0, 0.05) is 23.3 Å². The molecular formula is C14H23ClN2. The molecule has 17 heavy (non-hydrogen) atoms. The third kappa shape index (κ3) is 3.90. The standard InChI is InChI=1S/C14H23ClN2/c1-4-9-17(11(2)3)13-6-5-12(7-8-16)14(15)10-13/h5-6,10-11H,4,7-9,16H2,1-3H3.